The molecule has 0 unspecified atom stereocenters. The first-order chi connectivity index (χ1) is 9.82. The fourth-order valence-corrected chi connectivity index (χ4v) is 3.80. The molecule has 0 heterocycles. The number of aryl methyl sites for hydroxylation is 1. The number of carboxylic acids is 1. The number of benzene rings is 1. The summed E-state index contributed by atoms with van der Waals surface area (Å²) in [4.78, 5) is 10.8. The molecule has 0 aliphatic carbocycles. The van der Waals surface area contributed by atoms with Gasteiger partial charge in [0, 0.05) is 19.2 Å². The monoisotopic (exact) mass is 311 g/mol. The second-order valence-electron chi connectivity index (χ2n) is 4.69. The van der Waals surface area contributed by atoms with Crippen LogP contribution in [0, 0.1) is 6.92 Å². The maximum Gasteiger partial charge on any atom is 0.328 e. The lowest BCUT2D eigenvalue weighted by molar-refractivity contribution is -0.131. The Bertz CT molecular complexity index is 635. The number of sulfonamides is 1. The van der Waals surface area contributed by atoms with Crippen molar-refractivity contribution in [2.75, 3.05) is 13.1 Å². The molecule has 0 amide bonds. The molecular formula is C15H21NO4S. The number of carboxylic acid groups (broad SMARTS) is 1. The molecule has 0 saturated carbocycles. The van der Waals surface area contributed by atoms with Gasteiger partial charge in [-0.05, 0) is 36.6 Å². The van der Waals surface area contributed by atoms with Crippen LogP contribution in [-0.2, 0) is 14.8 Å². The molecule has 21 heavy (non-hydrogen) atoms. The van der Waals surface area contributed by atoms with Crippen molar-refractivity contribution in [3.05, 3.63) is 35.4 Å². The van der Waals surface area contributed by atoms with Gasteiger partial charge in [-0.15, -0.1) is 0 Å². The van der Waals surface area contributed by atoms with Gasteiger partial charge in [-0.1, -0.05) is 26.0 Å². The van der Waals surface area contributed by atoms with Crippen LogP contribution >= 0.6 is 0 Å². The predicted octanol–water partition coefficient (Wildman–Crippen LogP) is 2.51. The lowest BCUT2D eigenvalue weighted by Crippen LogP contribution is -2.32. The summed E-state index contributed by atoms with van der Waals surface area (Å²) in [5, 5.41) is 8.64. The molecule has 5 nitrogen and oxygen atoms in total. The van der Waals surface area contributed by atoms with E-state index in [1.807, 2.05) is 6.92 Å². The van der Waals surface area contributed by atoms with Crippen molar-refractivity contribution in [1.82, 2.24) is 4.31 Å². The zero-order valence-electron chi connectivity index (χ0n) is 12.5. The van der Waals surface area contributed by atoms with E-state index < -0.39 is 16.0 Å². The molecule has 1 aromatic rings. The van der Waals surface area contributed by atoms with Gasteiger partial charge in [-0.2, -0.15) is 4.31 Å². The molecule has 1 aromatic carbocycles. The topological polar surface area (TPSA) is 74.7 Å². The van der Waals surface area contributed by atoms with Crippen LogP contribution in [0.3, 0.4) is 0 Å². The normalized spacial score (nSPS) is 12.2. The largest absolute Gasteiger partial charge is 0.478 e. The second kappa shape index (κ2) is 7.38. The van der Waals surface area contributed by atoms with Gasteiger partial charge < -0.3 is 5.11 Å². The third-order valence-electron chi connectivity index (χ3n) is 3.07. The van der Waals surface area contributed by atoms with E-state index in [1.165, 1.54) is 16.4 Å². The summed E-state index contributed by atoms with van der Waals surface area (Å²) in [6.07, 6.45) is 3.12. The highest BCUT2D eigenvalue weighted by Crippen LogP contribution is 2.22. The van der Waals surface area contributed by atoms with Crippen LogP contribution in [0.25, 0.3) is 6.08 Å². The summed E-state index contributed by atoms with van der Waals surface area (Å²) in [6.45, 7) is 6.34. The number of nitrogens with zero attached hydrogens (tertiary/aromatic N) is 1. The fraction of sp³-hybridized carbons (Fsp3) is 0.400. The minimum Gasteiger partial charge on any atom is -0.478 e. The van der Waals surface area contributed by atoms with E-state index in [-0.39, 0.29) is 4.90 Å². The zero-order chi connectivity index (χ0) is 16.0. The first-order valence-corrected chi connectivity index (χ1v) is 8.28. The summed E-state index contributed by atoms with van der Waals surface area (Å²) in [5.41, 5.74) is 1.20. The van der Waals surface area contributed by atoms with Gasteiger partial charge in [0.15, 0.2) is 0 Å². The molecule has 0 bridgehead atoms. The summed E-state index contributed by atoms with van der Waals surface area (Å²) in [5.74, 6) is -1.07. The van der Waals surface area contributed by atoms with Gasteiger partial charge in [0.25, 0.3) is 0 Å². The van der Waals surface area contributed by atoms with Crippen molar-refractivity contribution >= 4 is 22.1 Å². The molecule has 1 rings (SSSR count). The van der Waals surface area contributed by atoms with E-state index in [9.17, 15) is 13.2 Å². The molecule has 116 valence electrons. The number of aliphatic carboxylic acids is 1. The maximum atomic E-state index is 12.7. The van der Waals surface area contributed by atoms with Crippen molar-refractivity contribution in [2.24, 2.45) is 0 Å². The van der Waals surface area contributed by atoms with E-state index in [2.05, 4.69) is 0 Å². The van der Waals surface area contributed by atoms with Crippen molar-refractivity contribution in [2.45, 2.75) is 32.1 Å². The van der Waals surface area contributed by atoms with Crippen molar-refractivity contribution in [3.63, 3.8) is 0 Å². The second-order valence-corrected chi connectivity index (χ2v) is 6.60. The van der Waals surface area contributed by atoms with Crippen molar-refractivity contribution in [1.29, 1.82) is 0 Å². The fourth-order valence-electron chi connectivity index (χ4n) is 2.00. The van der Waals surface area contributed by atoms with Crippen LogP contribution < -0.4 is 0 Å². The first kappa shape index (κ1) is 17.4. The number of hydrogen-bond donors (Lipinski definition) is 1. The Hall–Kier alpha value is -1.66. The van der Waals surface area contributed by atoms with Gasteiger partial charge in [-0.25, -0.2) is 13.2 Å². The van der Waals surface area contributed by atoms with Gasteiger partial charge in [0.05, 0.1) is 4.90 Å². The Morgan fingerprint density at radius 1 is 1.33 bits per heavy atom. The van der Waals surface area contributed by atoms with Crippen LogP contribution in [0.1, 0.15) is 31.4 Å². The Balaban J connectivity index is 3.28. The molecule has 0 aliphatic heterocycles. The molecule has 0 aliphatic rings. The molecule has 6 heteroatoms. The highest BCUT2D eigenvalue weighted by atomic mass is 32.2. The lowest BCUT2D eigenvalue weighted by atomic mass is 10.1. The quantitative estimate of drug-likeness (QED) is 0.785. The third-order valence-corrected chi connectivity index (χ3v) is 5.19. The van der Waals surface area contributed by atoms with Crippen molar-refractivity contribution in [3.8, 4) is 0 Å². The molecular weight excluding hydrogens is 290 g/mol. The summed E-state index contributed by atoms with van der Waals surface area (Å²) in [7, 11) is -3.55. The molecule has 0 spiro atoms. The summed E-state index contributed by atoms with van der Waals surface area (Å²) >= 11 is 0. The van der Waals surface area contributed by atoms with E-state index in [4.69, 9.17) is 5.11 Å². The standard InChI is InChI=1S/C15H21NO4S/c1-4-10-16(5-2)21(19,20)14-11-13(7-6-12(14)3)8-9-15(17)18/h6-9,11H,4-5,10H2,1-3H3,(H,17,18). The molecule has 1 N–H and O–H groups in total. The van der Waals surface area contributed by atoms with Crippen LogP contribution in [0.2, 0.25) is 0 Å². The molecule has 0 saturated heterocycles. The van der Waals surface area contributed by atoms with Crippen molar-refractivity contribution < 1.29 is 18.3 Å². The van der Waals surface area contributed by atoms with Gasteiger partial charge in [0.2, 0.25) is 10.0 Å². The average Bonchev–Trinajstić information content (AvgIpc) is 2.43. The maximum absolute atomic E-state index is 12.7. The number of carbonyl (C=O) groups is 1. The Morgan fingerprint density at radius 3 is 2.52 bits per heavy atom. The Morgan fingerprint density at radius 2 is 2.00 bits per heavy atom. The highest BCUT2D eigenvalue weighted by molar-refractivity contribution is 7.89. The van der Waals surface area contributed by atoms with Gasteiger partial charge >= 0.3 is 5.97 Å². The van der Waals surface area contributed by atoms with Gasteiger partial charge in [0.1, 0.15) is 0 Å². The minimum atomic E-state index is -3.55. The van der Waals surface area contributed by atoms with Crippen LogP contribution in [0.15, 0.2) is 29.2 Å². The molecule has 0 fully saturated rings. The summed E-state index contributed by atoms with van der Waals surface area (Å²) in [6, 6.07) is 4.90. The molecule has 0 atom stereocenters. The average molecular weight is 311 g/mol. The van der Waals surface area contributed by atoms with Crippen LogP contribution in [-0.4, -0.2) is 36.9 Å². The highest BCUT2D eigenvalue weighted by Gasteiger charge is 2.24. The number of hydrogen-bond acceptors (Lipinski definition) is 3. The van der Waals surface area contributed by atoms with E-state index in [0.717, 1.165) is 12.5 Å². The van der Waals surface area contributed by atoms with Crippen LogP contribution in [0.4, 0.5) is 0 Å². The smallest absolute Gasteiger partial charge is 0.328 e. The van der Waals surface area contributed by atoms with E-state index in [1.54, 1.807) is 26.0 Å². The zero-order valence-corrected chi connectivity index (χ0v) is 13.4. The Kier molecular flexibility index (Phi) is 6.11. The lowest BCUT2D eigenvalue weighted by Gasteiger charge is -2.21. The van der Waals surface area contributed by atoms with E-state index in [0.29, 0.717) is 24.2 Å². The van der Waals surface area contributed by atoms with Gasteiger partial charge in [-0.3, -0.25) is 0 Å². The van der Waals surface area contributed by atoms with E-state index >= 15 is 0 Å². The molecule has 0 aromatic heterocycles. The Labute approximate surface area is 126 Å². The van der Waals surface area contributed by atoms with Crippen LogP contribution in [0.5, 0.6) is 0 Å². The SMILES string of the molecule is CCCN(CC)S(=O)(=O)c1cc(C=CC(=O)O)ccc1C. The number of rotatable bonds is 7. The minimum absolute atomic E-state index is 0.227. The first-order valence-electron chi connectivity index (χ1n) is 6.84. The summed E-state index contributed by atoms with van der Waals surface area (Å²) < 4.78 is 26.7. The predicted molar refractivity (Wildman–Crippen MR) is 82.6 cm³/mol. The molecule has 0 radical (unpaired) electrons. The third kappa shape index (κ3) is 4.41.